The highest BCUT2D eigenvalue weighted by molar-refractivity contribution is 5.94. The number of halogens is 1. The van der Waals surface area contributed by atoms with E-state index in [-0.39, 0.29) is 28.7 Å². The average molecular weight is 492 g/mol. The minimum Gasteiger partial charge on any atom is -0.343 e. The number of hydrogen-bond donors (Lipinski definition) is 0. The van der Waals surface area contributed by atoms with Crippen molar-refractivity contribution in [2.75, 3.05) is 19.6 Å². The molecule has 0 spiro atoms. The van der Waals surface area contributed by atoms with Gasteiger partial charge in [-0.2, -0.15) is 5.10 Å². The Labute approximate surface area is 209 Å². The highest BCUT2D eigenvalue weighted by Gasteiger charge is 2.45. The molecule has 8 nitrogen and oxygen atoms in total. The van der Waals surface area contributed by atoms with Crippen LogP contribution in [0.25, 0.3) is 22.5 Å². The van der Waals surface area contributed by atoms with Gasteiger partial charge >= 0.3 is 0 Å². The number of amides is 2. The molecule has 36 heavy (non-hydrogen) atoms. The smallest absolute Gasteiger partial charge is 0.274 e. The van der Waals surface area contributed by atoms with Crippen molar-refractivity contribution in [1.82, 2.24) is 24.4 Å². The molecule has 0 bridgehead atoms. The standard InChI is InChI=1S/C27H30FN5O3/c1-16(2)19-12-20(17-6-8-18(28)9-7-17)30-33-14-21(29-24(19)33)25(34)31-10-11-32-23(15-31)36-22(26(32)35)13-27(3,4)5/h6-9,12,14,22-23H,1,10-11,13,15H2,2-5H3/t22-,23+/m1/s1. The number of allylic oxidation sites excluding steroid dienone is 1. The van der Waals surface area contributed by atoms with Gasteiger partial charge in [-0.25, -0.2) is 13.9 Å². The molecule has 4 heterocycles. The van der Waals surface area contributed by atoms with Crippen LogP contribution in [0.15, 0.2) is 43.1 Å². The Hall–Kier alpha value is -3.59. The molecule has 3 aromatic rings. The van der Waals surface area contributed by atoms with Crippen molar-refractivity contribution in [2.45, 2.75) is 46.4 Å². The minimum atomic E-state index is -0.479. The SMILES string of the molecule is C=C(C)c1cc(-c2ccc(F)cc2)nn2cc(C(=O)N3CCN4C(=O)[C@@H](CC(C)(C)C)O[C@H]4C3)nc12. The van der Waals surface area contributed by atoms with Gasteiger partial charge in [-0.05, 0) is 54.7 Å². The first-order valence-corrected chi connectivity index (χ1v) is 12.1. The average Bonchev–Trinajstić information content (AvgIpc) is 3.38. The molecule has 2 aromatic heterocycles. The first-order valence-electron chi connectivity index (χ1n) is 12.1. The van der Waals surface area contributed by atoms with Crippen LogP contribution in [0.5, 0.6) is 0 Å². The molecule has 0 aliphatic carbocycles. The zero-order chi connectivity index (χ0) is 25.8. The van der Waals surface area contributed by atoms with E-state index >= 15 is 0 Å². The zero-order valence-electron chi connectivity index (χ0n) is 21.0. The minimum absolute atomic E-state index is 0.00150. The van der Waals surface area contributed by atoms with Crippen molar-refractivity contribution in [3.8, 4) is 11.3 Å². The van der Waals surface area contributed by atoms with Crippen LogP contribution in [0, 0.1) is 11.2 Å². The normalized spacial score (nSPS) is 20.2. The third kappa shape index (κ3) is 4.51. The van der Waals surface area contributed by atoms with Crippen LogP contribution in [0.3, 0.4) is 0 Å². The van der Waals surface area contributed by atoms with Crippen LogP contribution in [0.4, 0.5) is 4.39 Å². The molecule has 2 saturated heterocycles. The molecular formula is C27H30FN5O3. The van der Waals surface area contributed by atoms with Crippen molar-refractivity contribution >= 4 is 23.0 Å². The lowest BCUT2D eigenvalue weighted by atomic mass is 9.89. The van der Waals surface area contributed by atoms with E-state index in [4.69, 9.17) is 4.74 Å². The highest BCUT2D eigenvalue weighted by Crippen LogP contribution is 2.31. The second-order valence-corrected chi connectivity index (χ2v) is 10.8. The molecule has 9 heteroatoms. The maximum absolute atomic E-state index is 13.4. The summed E-state index contributed by atoms with van der Waals surface area (Å²) in [5, 5.41) is 4.62. The fraction of sp³-hybridized carbons (Fsp3) is 0.407. The lowest BCUT2D eigenvalue weighted by molar-refractivity contribution is -0.132. The number of rotatable bonds is 4. The van der Waals surface area contributed by atoms with E-state index in [0.717, 1.165) is 16.7 Å². The van der Waals surface area contributed by atoms with Crippen LogP contribution >= 0.6 is 0 Å². The molecule has 5 rings (SSSR count). The van der Waals surface area contributed by atoms with E-state index in [9.17, 15) is 14.0 Å². The van der Waals surface area contributed by atoms with E-state index < -0.39 is 12.3 Å². The molecule has 0 unspecified atom stereocenters. The van der Waals surface area contributed by atoms with E-state index in [2.05, 4.69) is 37.4 Å². The van der Waals surface area contributed by atoms with Crippen molar-refractivity contribution in [3.05, 3.63) is 60.2 Å². The van der Waals surface area contributed by atoms with Crippen molar-refractivity contribution in [1.29, 1.82) is 0 Å². The molecule has 2 atom stereocenters. The summed E-state index contributed by atoms with van der Waals surface area (Å²) in [4.78, 5) is 34.2. The fourth-order valence-electron chi connectivity index (χ4n) is 4.75. The molecule has 0 radical (unpaired) electrons. The Balaban J connectivity index is 1.40. The fourth-order valence-corrected chi connectivity index (χ4v) is 4.75. The van der Waals surface area contributed by atoms with Gasteiger partial charge in [0.25, 0.3) is 11.8 Å². The summed E-state index contributed by atoms with van der Waals surface area (Å²) in [5.74, 6) is -0.571. The second kappa shape index (κ2) is 8.81. The number of carbonyl (C=O) groups is 2. The molecule has 188 valence electrons. The predicted octanol–water partition coefficient (Wildman–Crippen LogP) is 4.01. The number of piperazine rings is 1. The quantitative estimate of drug-likeness (QED) is 0.551. The molecule has 0 saturated carbocycles. The molecule has 0 N–H and O–H groups in total. The molecule has 2 aliphatic rings. The van der Waals surface area contributed by atoms with Gasteiger partial charge in [0.15, 0.2) is 11.9 Å². The van der Waals surface area contributed by atoms with Crippen molar-refractivity contribution in [2.24, 2.45) is 5.41 Å². The molecular weight excluding hydrogens is 461 g/mol. The number of hydrogen-bond acceptors (Lipinski definition) is 5. The van der Waals surface area contributed by atoms with Crippen LogP contribution in [-0.4, -0.2) is 68.2 Å². The Morgan fingerprint density at radius 3 is 2.61 bits per heavy atom. The number of fused-ring (bicyclic) bond motifs is 2. The highest BCUT2D eigenvalue weighted by atomic mass is 19.1. The number of imidazole rings is 1. The van der Waals surface area contributed by atoms with Crippen LogP contribution in [0.1, 0.15) is 50.2 Å². The third-order valence-corrected chi connectivity index (χ3v) is 6.54. The van der Waals surface area contributed by atoms with E-state index in [1.807, 2.05) is 13.0 Å². The van der Waals surface area contributed by atoms with Crippen LogP contribution < -0.4 is 0 Å². The largest absolute Gasteiger partial charge is 0.343 e. The van der Waals surface area contributed by atoms with Gasteiger partial charge in [0.2, 0.25) is 0 Å². The van der Waals surface area contributed by atoms with Crippen molar-refractivity contribution < 1.29 is 18.7 Å². The van der Waals surface area contributed by atoms with E-state index in [1.165, 1.54) is 12.1 Å². The zero-order valence-corrected chi connectivity index (χ0v) is 21.0. The third-order valence-electron chi connectivity index (χ3n) is 6.54. The van der Waals surface area contributed by atoms with Gasteiger partial charge < -0.3 is 14.5 Å². The molecule has 2 amide bonds. The summed E-state index contributed by atoms with van der Waals surface area (Å²) in [6.07, 6.45) is 1.30. The number of nitrogens with zero attached hydrogens (tertiary/aromatic N) is 5. The summed E-state index contributed by atoms with van der Waals surface area (Å²) in [6.45, 7) is 13.3. The number of benzene rings is 1. The first-order chi connectivity index (χ1) is 17.0. The van der Waals surface area contributed by atoms with E-state index in [1.54, 1.807) is 32.6 Å². The summed E-state index contributed by atoms with van der Waals surface area (Å²) in [6, 6.07) is 7.92. The van der Waals surface area contributed by atoms with Crippen LogP contribution in [-0.2, 0) is 9.53 Å². The second-order valence-electron chi connectivity index (χ2n) is 10.8. The topological polar surface area (TPSA) is 80.0 Å². The Morgan fingerprint density at radius 2 is 1.94 bits per heavy atom. The first kappa shape index (κ1) is 24.1. The van der Waals surface area contributed by atoms with Gasteiger partial charge in [0.1, 0.15) is 17.6 Å². The lowest BCUT2D eigenvalue weighted by Gasteiger charge is -2.35. The Bertz CT molecular complexity index is 1360. The maximum Gasteiger partial charge on any atom is 0.274 e. The van der Waals surface area contributed by atoms with Gasteiger partial charge in [-0.1, -0.05) is 27.4 Å². The lowest BCUT2D eigenvalue weighted by Crippen LogP contribution is -2.53. The summed E-state index contributed by atoms with van der Waals surface area (Å²) < 4.78 is 21.0. The van der Waals surface area contributed by atoms with E-state index in [0.29, 0.717) is 37.4 Å². The Morgan fingerprint density at radius 1 is 1.22 bits per heavy atom. The summed E-state index contributed by atoms with van der Waals surface area (Å²) in [5.41, 5.74) is 3.62. The number of carbonyl (C=O) groups excluding carboxylic acids is 2. The van der Waals surface area contributed by atoms with Gasteiger partial charge in [0, 0.05) is 24.2 Å². The van der Waals surface area contributed by atoms with Gasteiger partial charge in [-0.15, -0.1) is 0 Å². The van der Waals surface area contributed by atoms with Gasteiger partial charge in [0.05, 0.1) is 18.4 Å². The molecule has 2 aliphatic heterocycles. The summed E-state index contributed by atoms with van der Waals surface area (Å²) >= 11 is 0. The molecule has 1 aromatic carbocycles. The maximum atomic E-state index is 13.4. The van der Waals surface area contributed by atoms with Crippen LogP contribution in [0.2, 0.25) is 0 Å². The Kier molecular flexibility index (Phi) is 5.90. The summed E-state index contributed by atoms with van der Waals surface area (Å²) in [7, 11) is 0. The van der Waals surface area contributed by atoms with Crippen molar-refractivity contribution in [3.63, 3.8) is 0 Å². The molecule has 2 fully saturated rings. The number of ether oxygens (including phenoxy) is 1. The van der Waals surface area contributed by atoms with Gasteiger partial charge in [-0.3, -0.25) is 9.59 Å². The monoisotopic (exact) mass is 491 g/mol. The predicted molar refractivity (Wildman–Crippen MR) is 133 cm³/mol. The number of aromatic nitrogens is 3.